The highest BCUT2D eigenvalue weighted by Gasteiger charge is 2.38. The molecule has 3 N–H and O–H groups in total. The molecule has 1 amide bonds. The zero-order chi connectivity index (χ0) is 25.7. The quantitative estimate of drug-likeness (QED) is 0.430. The van der Waals surface area contributed by atoms with Crippen LogP contribution in [0.2, 0.25) is 0 Å². The van der Waals surface area contributed by atoms with Gasteiger partial charge in [-0.2, -0.15) is 0 Å². The number of ether oxygens (including phenoxy) is 1. The molecule has 0 aliphatic carbocycles. The molecule has 6 rings (SSSR count). The third kappa shape index (κ3) is 3.92. The van der Waals surface area contributed by atoms with E-state index in [9.17, 15) is 9.90 Å². The van der Waals surface area contributed by atoms with Crippen molar-refractivity contribution in [3.05, 3.63) is 77.9 Å². The molecule has 0 spiro atoms. The molecule has 2 aliphatic heterocycles. The number of hydrogen-bond acceptors (Lipinski definition) is 6. The Bertz CT molecular complexity index is 1480. The van der Waals surface area contributed by atoms with Crippen LogP contribution in [0.1, 0.15) is 55.5 Å². The zero-order valence-corrected chi connectivity index (χ0v) is 21.1. The second-order valence-electron chi connectivity index (χ2n) is 10.2. The molecule has 2 aliphatic rings. The minimum Gasteiger partial charge on any atom is -0.497 e. The molecule has 2 aromatic carbocycles. The Labute approximate surface area is 215 Å². The van der Waals surface area contributed by atoms with Gasteiger partial charge in [-0.1, -0.05) is 36.4 Å². The summed E-state index contributed by atoms with van der Waals surface area (Å²) >= 11 is 0. The number of amides is 1. The molecule has 2 saturated heterocycles. The fourth-order valence-corrected chi connectivity index (χ4v) is 5.90. The number of aromatic nitrogens is 3. The van der Waals surface area contributed by atoms with E-state index in [1.807, 2.05) is 64.0 Å². The van der Waals surface area contributed by atoms with E-state index in [0.717, 1.165) is 53.0 Å². The second kappa shape index (κ2) is 8.88. The van der Waals surface area contributed by atoms with Gasteiger partial charge in [0.2, 0.25) is 5.91 Å². The summed E-state index contributed by atoms with van der Waals surface area (Å²) in [6, 6.07) is 15.6. The highest BCUT2D eigenvalue weighted by Crippen LogP contribution is 2.39. The first-order chi connectivity index (χ1) is 17.9. The van der Waals surface area contributed by atoms with Crippen molar-refractivity contribution in [2.24, 2.45) is 0 Å². The second-order valence-corrected chi connectivity index (χ2v) is 10.2. The summed E-state index contributed by atoms with van der Waals surface area (Å²) in [4.78, 5) is 23.9. The van der Waals surface area contributed by atoms with Crippen LogP contribution in [0.4, 0.5) is 5.82 Å². The van der Waals surface area contributed by atoms with Gasteiger partial charge in [-0.25, -0.2) is 9.97 Å². The number of methoxy groups -OCH3 is 1. The number of benzene rings is 2. The van der Waals surface area contributed by atoms with Gasteiger partial charge in [0.05, 0.1) is 7.11 Å². The molecule has 4 heterocycles. The Morgan fingerprint density at radius 1 is 1.11 bits per heavy atom. The average molecular weight is 498 g/mol. The first-order valence-corrected chi connectivity index (χ1v) is 12.8. The summed E-state index contributed by atoms with van der Waals surface area (Å²) in [5.74, 6) is 2.39. The minimum absolute atomic E-state index is 0.134. The summed E-state index contributed by atoms with van der Waals surface area (Å²) in [5.41, 5.74) is 9.07. The number of piperidine rings is 1. The molecule has 8 nitrogen and oxygen atoms in total. The lowest BCUT2D eigenvalue weighted by Crippen LogP contribution is -2.41. The molecule has 37 heavy (non-hydrogen) atoms. The van der Waals surface area contributed by atoms with Crippen molar-refractivity contribution < 1.29 is 14.6 Å². The summed E-state index contributed by atoms with van der Waals surface area (Å²) in [5, 5.41) is 11.4. The maximum atomic E-state index is 12.4. The molecule has 0 radical (unpaired) electrons. The number of anilines is 1. The Morgan fingerprint density at radius 3 is 2.70 bits per heavy atom. The summed E-state index contributed by atoms with van der Waals surface area (Å²) in [6.07, 6.45) is 7.18. The van der Waals surface area contributed by atoms with Crippen molar-refractivity contribution in [2.45, 2.75) is 50.2 Å². The van der Waals surface area contributed by atoms with Crippen LogP contribution >= 0.6 is 0 Å². The van der Waals surface area contributed by atoms with E-state index >= 15 is 0 Å². The van der Waals surface area contributed by atoms with Crippen LogP contribution in [0.15, 0.2) is 60.9 Å². The number of hydrogen-bond donors (Lipinski definition) is 2. The average Bonchev–Trinajstić information content (AvgIpc) is 3.50. The number of imidazole rings is 1. The molecule has 0 unspecified atom stereocenters. The summed E-state index contributed by atoms with van der Waals surface area (Å²) in [7, 11) is 1.61. The Hall–Kier alpha value is -3.91. The van der Waals surface area contributed by atoms with Gasteiger partial charge in [-0.3, -0.25) is 9.20 Å². The third-order valence-electron chi connectivity index (χ3n) is 8.05. The van der Waals surface area contributed by atoms with E-state index in [1.165, 1.54) is 0 Å². The third-order valence-corrected chi connectivity index (χ3v) is 8.05. The largest absolute Gasteiger partial charge is 0.497 e. The van der Waals surface area contributed by atoms with Gasteiger partial charge in [-0.05, 0) is 49.4 Å². The Morgan fingerprint density at radius 2 is 1.92 bits per heavy atom. The SMILES string of the molecule is COc1cccc([C@](C)(O)c2ccc(-c3nc([C@@H]4CC[C@H]5CCC(=O)N5C4)n4ccnc(N)c34)cc2)c1. The molecule has 2 aromatic heterocycles. The van der Waals surface area contributed by atoms with Gasteiger partial charge in [0, 0.05) is 42.9 Å². The van der Waals surface area contributed by atoms with Crippen molar-refractivity contribution in [3.8, 4) is 17.0 Å². The lowest BCUT2D eigenvalue weighted by molar-refractivity contribution is -0.130. The zero-order valence-electron chi connectivity index (χ0n) is 21.1. The molecule has 190 valence electrons. The number of nitrogens with zero attached hydrogens (tertiary/aromatic N) is 4. The summed E-state index contributed by atoms with van der Waals surface area (Å²) < 4.78 is 7.37. The highest BCUT2D eigenvalue weighted by molar-refractivity contribution is 5.85. The minimum atomic E-state index is -1.20. The van der Waals surface area contributed by atoms with E-state index in [4.69, 9.17) is 15.5 Å². The number of nitrogen functional groups attached to an aromatic ring is 1. The first kappa shape index (κ1) is 23.5. The van der Waals surface area contributed by atoms with Gasteiger partial charge < -0.3 is 20.5 Å². The molecule has 3 atom stereocenters. The number of carbonyl (C=O) groups excluding carboxylic acids is 1. The van der Waals surface area contributed by atoms with Gasteiger partial charge in [0.25, 0.3) is 0 Å². The number of nitrogens with two attached hydrogens (primary N) is 1. The molecule has 2 fully saturated rings. The normalized spacial score (nSPS) is 21.2. The standard InChI is InChI=1S/C29H31N5O3/c1-29(36,21-4-3-5-23(16-21)37-2)20-9-6-18(7-10-20)25-26-27(30)31-14-15-33(26)28(32-25)19-8-11-22-12-13-24(35)34(22)17-19/h3-7,9-10,14-16,19,22,36H,8,11-13,17H2,1-2H3,(H2,30,31)/t19-,22+,29-/m1/s1. The predicted octanol–water partition coefficient (Wildman–Crippen LogP) is 4.11. The predicted molar refractivity (Wildman–Crippen MR) is 141 cm³/mol. The van der Waals surface area contributed by atoms with Crippen LogP contribution in [0, 0.1) is 0 Å². The van der Waals surface area contributed by atoms with Crippen LogP contribution in [0.3, 0.4) is 0 Å². The maximum absolute atomic E-state index is 12.4. The Balaban J connectivity index is 1.37. The lowest BCUT2D eigenvalue weighted by Gasteiger charge is -2.34. The monoisotopic (exact) mass is 497 g/mol. The first-order valence-electron chi connectivity index (χ1n) is 12.8. The van der Waals surface area contributed by atoms with Gasteiger partial charge in [0.15, 0.2) is 0 Å². The number of aliphatic hydroxyl groups is 1. The maximum Gasteiger partial charge on any atom is 0.222 e. The number of fused-ring (bicyclic) bond motifs is 2. The summed E-state index contributed by atoms with van der Waals surface area (Å²) in [6.45, 7) is 2.46. The number of rotatable bonds is 5. The van der Waals surface area contributed by atoms with E-state index in [0.29, 0.717) is 30.6 Å². The van der Waals surface area contributed by atoms with E-state index in [-0.39, 0.29) is 11.8 Å². The van der Waals surface area contributed by atoms with Crippen LogP contribution in [-0.4, -0.2) is 50.0 Å². The number of carbonyl (C=O) groups is 1. The van der Waals surface area contributed by atoms with E-state index in [2.05, 4.69) is 4.98 Å². The van der Waals surface area contributed by atoms with Crippen molar-refractivity contribution in [3.63, 3.8) is 0 Å². The fraction of sp³-hybridized carbons (Fsp3) is 0.345. The van der Waals surface area contributed by atoms with E-state index in [1.54, 1.807) is 20.2 Å². The molecule has 0 saturated carbocycles. The van der Waals surface area contributed by atoms with Crippen LogP contribution in [-0.2, 0) is 10.4 Å². The van der Waals surface area contributed by atoms with Crippen LogP contribution in [0.5, 0.6) is 5.75 Å². The van der Waals surface area contributed by atoms with Crippen LogP contribution in [0.25, 0.3) is 16.8 Å². The van der Waals surface area contributed by atoms with Gasteiger partial charge >= 0.3 is 0 Å². The smallest absolute Gasteiger partial charge is 0.222 e. The van der Waals surface area contributed by atoms with Gasteiger partial charge in [0.1, 0.15) is 34.2 Å². The molecule has 8 heteroatoms. The van der Waals surface area contributed by atoms with Crippen molar-refractivity contribution in [1.82, 2.24) is 19.3 Å². The lowest BCUT2D eigenvalue weighted by atomic mass is 9.87. The topological polar surface area (TPSA) is 106 Å². The highest BCUT2D eigenvalue weighted by atomic mass is 16.5. The van der Waals surface area contributed by atoms with E-state index < -0.39 is 5.60 Å². The van der Waals surface area contributed by atoms with Crippen molar-refractivity contribution >= 4 is 17.2 Å². The van der Waals surface area contributed by atoms with Crippen molar-refractivity contribution in [1.29, 1.82) is 0 Å². The molecule has 0 bridgehead atoms. The fourth-order valence-electron chi connectivity index (χ4n) is 5.90. The van der Waals surface area contributed by atoms with Gasteiger partial charge in [-0.15, -0.1) is 0 Å². The molecular formula is C29H31N5O3. The molecule has 4 aromatic rings. The Kier molecular flexibility index (Phi) is 5.64. The van der Waals surface area contributed by atoms with Crippen molar-refractivity contribution in [2.75, 3.05) is 19.4 Å². The van der Waals surface area contributed by atoms with Crippen LogP contribution < -0.4 is 10.5 Å². The molecular weight excluding hydrogens is 466 g/mol.